The van der Waals surface area contributed by atoms with Crippen molar-refractivity contribution < 1.29 is 38.1 Å². The highest BCUT2D eigenvalue weighted by Crippen LogP contribution is 2.56. The second-order valence-corrected chi connectivity index (χ2v) is 18.4. The highest BCUT2D eigenvalue weighted by Gasteiger charge is 2.64. The molecular weight excluding hydrogens is 692 g/mol. The first-order valence-electron chi connectivity index (χ1n) is 20.2. The number of amides is 2. The number of aromatic nitrogens is 2. The van der Waals surface area contributed by atoms with Gasteiger partial charge in [-0.15, -0.1) is 0 Å². The maximum Gasteiger partial charge on any atom is 0.410 e. The lowest BCUT2D eigenvalue weighted by atomic mass is 9.57. The van der Waals surface area contributed by atoms with Crippen LogP contribution in [0, 0.1) is 11.3 Å². The van der Waals surface area contributed by atoms with Gasteiger partial charge in [0.25, 0.3) is 0 Å². The fourth-order valence-electron chi connectivity index (χ4n) is 9.48. The van der Waals surface area contributed by atoms with Gasteiger partial charge in [0.05, 0.1) is 30.1 Å². The van der Waals surface area contributed by atoms with Crippen molar-refractivity contribution in [3.63, 3.8) is 0 Å². The average Bonchev–Trinajstić information content (AvgIpc) is 3.75. The first-order chi connectivity index (χ1) is 25.4. The number of piperazine rings is 1. The minimum absolute atomic E-state index is 0.0823. The Hall–Kier alpha value is -3.52. The molecule has 7 rings (SSSR count). The van der Waals surface area contributed by atoms with Gasteiger partial charge >= 0.3 is 12.2 Å². The molecule has 3 aliphatic carbocycles. The Balaban J connectivity index is 1.20. The summed E-state index contributed by atoms with van der Waals surface area (Å²) in [6.45, 7) is 17.1. The van der Waals surface area contributed by atoms with E-state index in [4.69, 9.17) is 28.9 Å². The van der Waals surface area contributed by atoms with Crippen LogP contribution in [0.15, 0.2) is 6.07 Å². The van der Waals surface area contributed by atoms with Crippen molar-refractivity contribution in [3.05, 3.63) is 11.8 Å². The Morgan fingerprint density at radius 3 is 2.17 bits per heavy atom. The molecule has 1 aromatic heterocycles. The number of rotatable bonds is 4. The van der Waals surface area contributed by atoms with Crippen LogP contribution in [0.2, 0.25) is 0 Å². The summed E-state index contributed by atoms with van der Waals surface area (Å²) in [5, 5.41) is 0. The van der Waals surface area contributed by atoms with Gasteiger partial charge in [-0.25, -0.2) is 14.6 Å². The van der Waals surface area contributed by atoms with Crippen LogP contribution in [-0.4, -0.2) is 125 Å². The summed E-state index contributed by atoms with van der Waals surface area (Å²) in [4.78, 5) is 73.7. The summed E-state index contributed by atoms with van der Waals surface area (Å²) in [5.41, 5.74) is -2.23. The van der Waals surface area contributed by atoms with Crippen molar-refractivity contribution >= 4 is 35.5 Å². The Morgan fingerprint density at radius 2 is 1.48 bits per heavy atom. The first kappa shape index (κ1) is 38.7. The van der Waals surface area contributed by atoms with Crippen LogP contribution in [0.5, 0.6) is 0 Å². The predicted molar refractivity (Wildman–Crippen MR) is 201 cm³/mol. The van der Waals surface area contributed by atoms with Gasteiger partial charge in [0.1, 0.15) is 22.7 Å². The lowest BCUT2D eigenvalue weighted by Gasteiger charge is -2.51. The molecule has 3 saturated carbocycles. The fourth-order valence-corrected chi connectivity index (χ4v) is 9.48. The van der Waals surface area contributed by atoms with Crippen molar-refractivity contribution in [1.82, 2.24) is 19.8 Å². The fraction of sp³-hybridized carbons (Fsp3) is 0.800. The number of nitrogens with zero attached hydrogens (tertiary/aromatic N) is 6. The van der Waals surface area contributed by atoms with Crippen LogP contribution in [0.1, 0.15) is 123 Å². The van der Waals surface area contributed by atoms with Gasteiger partial charge in [-0.1, -0.05) is 12.8 Å². The van der Waals surface area contributed by atoms with E-state index in [9.17, 15) is 19.2 Å². The van der Waals surface area contributed by atoms with E-state index in [1.54, 1.807) is 11.0 Å². The normalized spacial score (nSPS) is 28.4. The van der Waals surface area contributed by atoms with Crippen molar-refractivity contribution in [2.24, 2.45) is 11.3 Å². The molecule has 4 heterocycles. The molecule has 3 aliphatic heterocycles. The minimum Gasteiger partial charge on any atom is -0.444 e. The molecule has 3 saturated heterocycles. The molecule has 54 heavy (non-hydrogen) atoms. The number of hydrogen-bond donors (Lipinski definition) is 0. The number of ketones is 2. The second-order valence-electron chi connectivity index (χ2n) is 18.4. The van der Waals surface area contributed by atoms with Crippen LogP contribution >= 0.6 is 0 Å². The van der Waals surface area contributed by atoms with Crippen LogP contribution in [0.3, 0.4) is 0 Å². The molecule has 6 fully saturated rings. The monoisotopic (exact) mass is 752 g/mol. The topological polar surface area (TPSA) is 144 Å². The van der Waals surface area contributed by atoms with E-state index in [1.165, 1.54) is 0 Å². The predicted octanol–water partition coefficient (Wildman–Crippen LogP) is 5.76. The average molecular weight is 753 g/mol. The molecule has 6 aliphatic rings. The van der Waals surface area contributed by atoms with E-state index in [0.717, 1.165) is 32.1 Å². The molecule has 0 radical (unpaired) electrons. The summed E-state index contributed by atoms with van der Waals surface area (Å²) in [7, 11) is 0. The molecule has 298 valence electrons. The van der Waals surface area contributed by atoms with E-state index >= 15 is 0 Å². The zero-order chi connectivity index (χ0) is 38.7. The van der Waals surface area contributed by atoms with Gasteiger partial charge in [-0.2, -0.15) is 4.98 Å². The summed E-state index contributed by atoms with van der Waals surface area (Å²) in [5.74, 6) is -1.22. The van der Waals surface area contributed by atoms with Gasteiger partial charge in [0.2, 0.25) is 5.95 Å². The minimum atomic E-state index is -0.961. The third kappa shape index (κ3) is 7.41. The molecule has 14 heteroatoms. The summed E-state index contributed by atoms with van der Waals surface area (Å²) < 4.78 is 24.0. The van der Waals surface area contributed by atoms with Gasteiger partial charge in [-0.05, 0) is 93.4 Å². The van der Waals surface area contributed by atoms with E-state index in [0.29, 0.717) is 96.4 Å². The molecule has 3 spiro atoms. The molecule has 14 nitrogen and oxygen atoms in total. The zero-order valence-electron chi connectivity index (χ0n) is 33.4. The number of carbonyl (C=O) groups is 4. The summed E-state index contributed by atoms with van der Waals surface area (Å²) in [6, 6.07) is 1.56. The maximum atomic E-state index is 14.8. The van der Waals surface area contributed by atoms with Crippen molar-refractivity contribution in [2.75, 3.05) is 62.3 Å². The third-order valence-electron chi connectivity index (χ3n) is 12.2. The number of anilines is 2. The van der Waals surface area contributed by atoms with E-state index in [2.05, 4.69) is 9.80 Å². The van der Waals surface area contributed by atoms with E-state index < -0.39 is 28.3 Å². The standard InChI is InChI=1S/C40H60N6O8/c1-27-25-43(34(49)53-36(2,3)4)18-11-19-45(27)33-41-29(24-30(42-33)44-20-21-46(38(26-44)16-17-38)35(50)54-37(5,6)7)31(47)28-12-10-14-39(32(28)48)13-8-9-15-40(39)51-22-23-52-40/h24,27-28H,8-23,25-26H2,1-7H3/t27-,28?,39-/m0/s1. The molecule has 1 aromatic rings. The SMILES string of the molecule is C[C@H]1CN(C(=O)OC(C)(C)C)CCCN1c1nc(C(=O)C2CCC[C@@]3(CCCCC34OCCO4)C2=O)cc(N2CCN(C(=O)OC(C)(C)C)C3(CC3)C2)n1. The van der Waals surface area contributed by atoms with Crippen LogP contribution in [0.4, 0.5) is 21.4 Å². The zero-order valence-corrected chi connectivity index (χ0v) is 33.4. The Kier molecular flexibility index (Phi) is 10.2. The van der Waals surface area contributed by atoms with Gasteiger partial charge in [0.15, 0.2) is 17.4 Å². The molecule has 3 atom stereocenters. The Bertz CT molecular complexity index is 1620. The number of Topliss-reactive ketones (excluding diaryl/α,β-unsaturated/α-hetero) is 2. The molecule has 1 unspecified atom stereocenters. The Labute approximate surface area is 319 Å². The first-order valence-corrected chi connectivity index (χ1v) is 20.2. The Morgan fingerprint density at radius 1 is 0.815 bits per heavy atom. The molecule has 0 bridgehead atoms. The van der Waals surface area contributed by atoms with Crippen LogP contribution in [0.25, 0.3) is 0 Å². The molecule has 0 N–H and O–H groups in total. The highest BCUT2D eigenvalue weighted by atomic mass is 16.7. The number of ether oxygens (including phenoxy) is 4. The van der Waals surface area contributed by atoms with Gasteiger partial charge < -0.3 is 33.6 Å². The maximum absolute atomic E-state index is 14.8. The van der Waals surface area contributed by atoms with Gasteiger partial charge in [-0.3, -0.25) is 14.5 Å². The highest BCUT2D eigenvalue weighted by molar-refractivity contribution is 6.12. The molecule has 0 aromatic carbocycles. The number of fused-ring (bicyclic) bond motifs is 1. The number of carbonyl (C=O) groups excluding carboxylic acids is 4. The lowest BCUT2D eigenvalue weighted by Crippen LogP contribution is -2.60. The summed E-state index contributed by atoms with van der Waals surface area (Å²) >= 11 is 0. The van der Waals surface area contributed by atoms with Crippen molar-refractivity contribution in [1.29, 1.82) is 0 Å². The quantitative estimate of drug-likeness (QED) is 0.273. The van der Waals surface area contributed by atoms with Crippen LogP contribution < -0.4 is 9.80 Å². The van der Waals surface area contributed by atoms with Crippen LogP contribution in [-0.2, 0) is 23.7 Å². The molecule has 2 amide bonds. The summed E-state index contributed by atoms with van der Waals surface area (Å²) in [6.07, 6.45) is 6.64. The largest absolute Gasteiger partial charge is 0.444 e. The molecular formula is C40H60N6O8. The van der Waals surface area contributed by atoms with E-state index in [1.807, 2.05) is 53.4 Å². The third-order valence-corrected chi connectivity index (χ3v) is 12.2. The van der Waals surface area contributed by atoms with Crippen molar-refractivity contribution in [3.8, 4) is 0 Å². The number of hydrogen-bond acceptors (Lipinski definition) is 12. The van der Waals surface area contributed by atoms with E-state index in [-0.39, 0.29) is 41.0 Å². The lowest BCUT2D eigenvalue weighted by molar-refractivity contribution is -0.255. The smallest absolute Gasteiger partial charge is 0.410 e. The van der Waals surface area contributed by atoms with Crippen molar-refractivity contribution in [2.45, 2.75) is 141 Å². The van der Waals surface area contributed by atoms with Gasteiger partial charge in [0, 0.05) is 57.8 Å². The second kappa shape index (κ2) is 14.2.